The van der Waals surface area contributed by atoms with Crippen molar-refractivity contribution in [3.63, 3.8) is 0 Å². The Morgan fingerprint density at radius 3 is 2.59 bits per heavy atom. The van der Waals surface area contributed by atoms with E-state index in [2.05, 4.69) is 15.4 Å². The number of amides is 1. The number of carbonyl (C=O) groups is 3. The molecule has 2 rings (SSSR count). The standard InChI is InChI=1S/C17H20N4O5S/c1-4-26-17(25)16-10(2)20-21(11(16)3)13-6-5-12(7-18-13)19-14(22)8-27-9-15(23)24/h5-7H,4,8-9H2,1-3H3,(H,19,22)(H,23,24). The van der Waals surface area contributed by atoms with E-state index < -0.39 is 11.9 Å². The van der Waals surface area contributed by atoms with Gasteiger partial charge in [0.15, 0.2) is 5.82 Å². The van der Waals surface area contributed by atoms with Crippen LogP contribution in [-0.2, 0) is 14.3 Å². The van der Waals surface area contributed by atoms with Crippen LogP contribution in [0.15, 0.2) is 18.3 Å². The molecule has 10 heteroatoms. The fourth-order valence-corrected chi connectivity index (χ4v) is 2.91. The topological polar surface area (TPSA) is 123 Å². The van der Waals surface area contributed by atoms with Crippen LogP contribution in [0.25, 0.3) is 5.82 Å². The second-order valence-corrected chi connectivity index (χ2v) is 6.50. The first-order valence-electron chi connectivity index (χ1n) is 8.12. The summed E-state index contributed by atoms with van der Waals surface area (Å²) in [4.78, 5) is 38.5. The lowest BCUT2D eigenvalue weighted by Gasteiger charge is -2.07. The minimum Gasteiger partial charge on any atom is -0.481 e. The number of carboxylic acid groups (broad SMARTS) is 1. The van der Waals surface area contributed by atoms with Gasteiger partial charge in [-0.3, -0.25) is 9.59 Å². The number of nitrogens with one attached hydrogen (secondary N) is 1. The minimum absolute atomic E-state index is 0.0361. The molecule has 2 aromatic rings. The Morgan fingerprint density at radius 2 is 2.00 bits per heavy atom. The molecule has 144 valence electrons. The van der Waals surface area contributed by atoms with Gasteiger partial charge in [-0.1, -0.05) is 0 Å². The molecule has 0 aliphatic rings. The summed E-state index contributed by atoms with van der Waals surface area (Å²) >= 11 is 1.01. The summed E-state index contributed by atoms with van der Waals surface area (Å²) in [6.07, 6.45) is 1.47. The lowest BCUT2D eigenvalue weighted by atomic mass is 10.2. The Kier molecular flexibility index (Phi) is 6.94. The number of anilines is 1. The maximum absolute atomic E-state index is 12.1. The zero-order valence-electron chi connectivity index (χ0n) is 15.2. The van der Waals surface area contributed by atoms with E-state index in [1.807, 2.05) is 0 Å². The molecule has 2 N–H and O–H groups in total. The highest BCUT2D eigenvalue weighted by Crippen LogP contribution is 2.19. The first-order valence-corrected chi connectivity index (χ1v) is 9.28. The minimum atomic E-state index is -0.967. The van der Waals surface area contributed by atoms with Gasteiger partial charge in [-0.25, -0.2) is 14.5 Å². The number of aliphatic carboxylic acids is 1. The van der Waals surface area contributed by atoms with Crippen molar-refractivity contribution in [2.24, 2.45) is 0 Å². The number of thioether (sulfide) groups is 1. The van der Waals surface area contributed by atoms with Crippen LogP contribution in [-0.4, -0.2) is 55.8 Å². The Labute approximate surface area is 160 Å². The van der Waals surface area contributed by atoms with Gasteiger partial charge >= 0.3 is 11.9 Å². The van der Waals surface area contributed by atoms with Crippen LogP contribution in [0.2, 0.25) is 0 Å². The third-order valence-corrected chi connectivity index (χ3v) is 4.40. The third-order valence-electron chi connectivity index (χ3n) is 3.48. The maximum Gasteiger partial charge on any atom is 0.341 e. The van der Waals surface area contributed by atoms with Crippen LogP contribution in [0.4, 0.5) is 5.69 Å². The number of nitrogens with zero attached hydrogens (tertiary/aromatic N) is 3. The number of aryl methyl sites for hydroxylation is 1. The number of rotatable bonds is 8. The van der Waals surface area contributed by atoms with E-state index in [4.69, 9.17) is 9.84 Å². The van der Waals surface area contributed by atoms with Gasteiger partial charge in [-0.05, 0) is 32.9 Å². The van der Waals surface area contributed by atoms with Gasteiger partial charge in [0.2, 0.25) is 5.91 Å². The summed E-state index contributed by atoms with van der Waals surface area (Å²) in [5, 5.41) is 15.5. The Morgan fingerprint density at radius 1 is 1.26 bits per heavy atom. The maximum atomic E-state index is 12.1. The number of hydrogen-bond donors (Lipinski definition) is 2. The normalized spacial score (nSPS) is 10.5. The molecule has 0 radical (unpaired) electrons. The quantitative estimate of drug-likeness (QED) is 0.652. The monoisotopic (exact) mass is 392 g/mol. The molecule has 0 fully saturated rings. The van der Waals surface area contributed by atoms with Crippen LogP contribution >= 0.6 is 11.8 Å². The molecular weight excluding hydrogens is 372 g/mol. The number of carboxylic acids is 1. The molecule has 0 bridgehead atoms. The molecule has 0 aliphatic heterocycles. The summed E-state index contributed by atoms with van der Waals surface area (Å²) < 4.78 is 6.59. The van der Waals surface area contributed by atoms with Crippen molar-refractivity contribution in [3.8, 4) is 5.82 Å². The molecule has 0 atom stereocenters. The molecule has 0 unspecified atom stereocenters. The van der Waals surface area contributed by atoms with Gasteiger partial charge in [0.25, 0.3) is 0 Å². The molecule has 2 aromatic heterocycles. The summed E-state index contributed by atoms with van der Waals surface area (Å²) in [7, 11) is 0. The lowest BCUT2D eigenvalue weighted by Crippen LogP contribution is -2.15. The predicted octanol–water partition coefficient (Wildman–Crippen LogP) is 1.82. The fraction of sp³-hybridized carbons (Fsp3) is 0.353. The highest BCUT2D eigenvalue weighted by Gasteiger charge is 2.20. The van der Waals surface area contributed by atoms with Crippen LogP contribution in [0.3, 0.4) is 0 Å². The zero-order chi connectivity index (χ0) is 20.0. The number of carbonyl (C=O) groups excluding carboxylic acids is 2. The molecule has 0 aliphatic carbocycles. The van der Waals surface area contributed by atoms with Gasteiger partial charge in [0.1, 0.15) is 5.56 Å². The van der Waals surface area contributed by atoms with Crippen molar-refractivity contribution in [2.45, 2.75) is 20.8 Å². The van der Waals surface area contributed by atoms with Gasteiger partial charge in [0.05, 0.1) is 41.4 Å². The highest BCUT2D eigenvalue weighted by atomic mass is 32.2. The number of pyridine rings is 1. The van der Waals surface area contributed by atoms with Crippen LogP contribution in [0, 0.1) is 13.8 Å². The van der Waals surface area contributed by atoms with E-state index in [1.165, 1.54) is 10.9 Å². The summed E-state index contributed by atoms with van der Waals surface area (Å²) in [6, 6.07) is 3.32. The third kappa shape index (κ3) is 5.30. The van der Waals surface area contributed by atoms with Crippen molar-refractivity contribution < 1.29 is 24.2 Å². The Hall–Kier alpha value is -2.88. The van der Waals surface area contributed by atoms with Crippen LogP contribution in [0.1, 0.15) is 28.7 Å². The number of aromatic nitrogens is 3. The van der Waals surface area contributed by atoms with Gasteiger partial charge < -0.3 is 15.2 Å². The van der Waals surface area contributed by atoms with Gasteiger partial charge in [-0.2, -0.15) is 5.10 Å². The van der Waals surface area contributed by atoms with Crippen molar-refractivity contribution in [3.05, 3.63) is 35.3 Å². The second-order valence-electron chi connectivity index (χ2n) is 5.52. The first kappa shape index (κ1) is 20.4. The fourth-order valence-electron chi connectivity index (χ4n) is 2.38. The summed E-state index contributed by atoms with van der Waals surface area (Å²) in [6.45, 7) is 5.49. The molecule has 0 spiro atoms. The van der Waals surface area contributed by atoms with Crippen molar-refractivity contribution >= 4 is 35.3 Å². The number of esters is 1. The number of hydrogen-bond acceptors (Lipinski definition) is 7. The average Bonchev–Trinajstić information content (AvgIpc) is 2.90. The zero-order valence-corrected chi connectivity index (χ0v) is 16.0. The van der Waals surface area contributed by atoms with E-state index in [0.29, 0.717) is 28.5 Å². The van der Waals surface area contributed by atoms with Gasteiger partial charge in [0, 0.05) is 0 Å². The predicted molar refractivity (Wildman–Crippen MR) is 100 cm³/mol. The molecule has 0 aromatic carbocycles. The summed E-state index contributed by atoms with van der Waals surface area (Å²) in [5.41, 5.74) is 2.04. The largest absolute Gasteiger partial charge is 0.481 e. The van der Waals surface area contributed by atoms with E-state index in [0.717, 1.165) is 11.8 Å². The van der Waals surface area contributed by atoms with Crippen molar-refractivity contribution in [1.82, 2.24) is 14.8 Å². The van der Waals surface area contributed by atoms with Crippen molar-refractivity contribution in [2.75, 3.05) is 23.4 Å². The molecule has 0 saturated carbocycles. The van der Waals surface area contributed by atoms with Crippen LogP contribution < -0.4 is 5.32 Å². The van der Waals surface area contributed by atoms with E-state index in [-0.39, 0.29) is 24.0 Å². The Bertz CT molecular complexity index is 848. The molecule has 0 saturated heterocycles. The molecule has 2 heterocycles. The molecule has 9 nitrogen and oxygen atoms in total. The first-order chi connectivity index (χ1) is 12.8. The second kappa shape index (κ2) is 9.17. The lowest BCUT2D eigenvalue weighted by molar-refractivity contribution is -0.133. The smallest absolute Gasteiger partial charge is 0.341 e. The molecule has 27 heavy (non-hydrogen) atoms. The Balaban J connectivity index is 2.09. The van der Waals surface area contributed by atoms with E-state index in [9.17, 15) is 14.4 Å². The highest BCUT2D eigenvalue weighted by molar-refractivity contribution is 8.00. The SMILES string of the molecule is CCOC(=O)c1c(C)nn(-c2ccc(NC(=O)CSCC(=O)O)cn2)c1C. The molecule has 1 amide bonds. The average molecular weight is 392 g/mol. The van der Waals surface area contributed by atoms with E-state index >= 15 is 0 Å². The number of ether oxygens (including phenoxy) is 1. The van der Waals surface area contributed by atoms with Gasteiger partial charge in [-0.15, -0.1) is 11.8 Å². The van der Waals surface area contributed by atoms with E-state index in [1.54, 1.807) is 32.9 Å². The molecular formula is C17H20N4O5S. The summed E-state index contributed by atoms with van der Waals surface area (Å²) in [5.74, 6) is -1.32. The van der Waals surface area contributed by atoms with Crippen LogP contribution in [0.5, 0.6) is 0 Å². The van der Waals surface area contributed by atoms with Crippen molar-refractivity contribution in [1.29, 1.82) is 0 Å².